The van der Waals surface area contributed by atoms with E-state index in [9.17, 15) is 0 Å². The van der Waals surface area contributed by atoms with Crippen molar-refractivity contribution in [1.82, 2.24) is 0 Å². The van der Waals surface area contributed by atoms with Crippen LogP contribution in [-0.2, 0) is 51.4 Å². The smallest absolute Gasteiger partial charge is 0.00259 e. The summed E-state index contributed by atoms with van der Waals surface area (Å²) >= 11 is 0. The average molecular weight is 739 g/mol. The number of fused-ring (bicyclic) bond motifs is 2. The maximum atomic E-state index is 2.58. The maximum absolute atomic E-state index is 2.58. The lowest BCUT2D eigenvalue weighted by molar-refractivity contribution is 0.877. The highest BCUT2D eigenvalue weighted by atomic mass is 14.3. The third-order valence-corrected chi connectivity index (χ3v) is 14.1. The fourth-order valence-corrected chi connectivity index (χ4v) is 11.6. The predicted molar refractivity (Wildman–Crippen MR) is 244 cm³/mol. The van der Waals surface area contributed by atoms with Crippen LogP contribution in [0.4, 0.5) is 0 Å². The van der Waals surface area contributed by atoms with Gasteiger partial charge in [0.15, 0.2) is 0 Å². The van der Waals surface area contributed by atoms with Crippen molar-refractivity contribution < 1.29 is 0 Å². The lowest BCUT2D eigenvalue weighted by atomic mass is 9.73. The summed E-state index contributed by atoms with van der Waals surface area (Å²) in [7, 11) is 0. The normalized spacial score (nSPS) is 14.3. The van der Waals surface area contributed by atoms with Gasteiger partial charge in [0.1, 0.15) is 0 Å². The Balaban J connectivity index is 1.14. The van der Waals surface area contributed by atoms with Crippen molar-refractivity contribution in [1.29, 1.82) is 0 Å². The molecule has 274 valence electrons. The molecule has 0 unspecified atom stereocenters. The summed E-state index contributed by atoms with van der Waals surface area (Å²) in [6.07, 6.45) is 8.84. The van der Waals surface area contributed by atoms with Crippen LogP contribution in [0.3, 0.4) is 0 Å². The molecule has 4 aliphatic carbocycles. The van der Waals surface area contributed by atoms with Gasteiger partial charge in [-0.05, 0) is 196 Å². The number of benzene rings is 9. The Hall–Kier alpha value is -6.50. The Morgan fingerprint density at radius 2 is 0.517 bits per heavy atom. The van der Waals surface area contributed by atoms with Crippen LogP contribution in [0.15, 0.2) is 158 Å². The molecule has 58 heavy (non-hydrogen) atoms. The molecule has 0 heterocycles. The molecule has 0 saturated heterocycles. The predicted octanol–water partition coefficient (Wildman–Crippen LogP) is 14.4. The highest BCUT2D eigenvalue weighted by Crippen LogP contribution is 2.51. The molecule has 0 aliphatic heterocycles. The van der Waals surface area contributed by atoms with Gasteiger partial charge in [0.05, 0.1) is 0 Å². The van der Waals surface area contributed by atoms with Gasteiger partial charge in [-0.25, -0.2) is 0 Å². The molecule has 0 amide bonds. The second-order valence-electron chi connectivity index (χ2n) is 17.2. The molecule has 13 rings (SSSR count). The van der Waals surface area contributed by atoms with Crippen molar-refractivity contribution >= 4 is 21.5 Å². The molecule has 4 aliphatic rings. The van der Waals surface area contributed by atoms with Gasteiger partial charge in [-0.2, -0.15) is 0 Å². The van der Waals surface area contributed by atoms with E-state index in [0.717, 1.165) is 51.4 Å². The van der Waals surface area contributed by atoms with Gasteiger partial charge in [-0.3, -0.25) is 0 Å². The van der Waals surface area contributed by atoms with Crippen LogP contribution in [-0.4, -0.2) is 0 Å². The minimum atomic E-state index is 1.09. The summed E-state index contributed by atoms with van der Waals surface area (Å²) in [4.78, 5) is 0. The van der Waals surface area contributed by atoms with Crippen molar-refractivity contribution in [3.8, 4) is 66.8 Å². The van der Waals surface area contributed by atoms with Gasteiger partial charge in [0, 0.05) is 0 Å². The Kier molecular flexibility index (Phi) is 7.02. The fraction of sp³-hybridized carbons (Fsp3) is 0.138. The van der Waals surface area contributed by atoms with Gasteiger partial charge < -0.3 is 0 Å². The first-order chi connectivity index (χ1) is 28.7. The molecule has 0 saturated carbocycles. The molecule has 0 N–H and O–H groups in total. The maximum Gasteiger partial charge on any atom is -0.00259 e. The van der Waals surface area contributed by atoms with Crippen LogP contribution in [0.2, 0.25) is 0 Å². The first-order valence-electron chi connectivity index (χ1n) is 21.4. The molecular formula is C58H42. The molecule has 0 nitrogen and oxygen atoms in total. The number of hydrogen-bond donors (Lipinski definition) is 0. The summed E-state index contributed by atoms with van der Waals surface area (Å²) in [6.45, 7) is 0. The highest BCUT2D eigenvalue weighted by molar-refractivity contribution is 6.23. The number of hydrogen-bond acceptors (Lipinski definition) is 0. The van der Waals surface area contributed by atoms with Crippen molar-refractivity contribution in [2.24, 2.45) is 0 Å². The summed E-state index contributed by atoms with van der Waals surface area (Å²) in [5.74, 6) is 0. The first kappa shape index (κ1) is 32.6. The van der Waals surface area contributed by atoms with Crippen molar-refractivity contribution in [3.63, 3.8) is 0 Å². The largest absolute Gasteiger partial charge is 0.0622 e. The van der Waals surface area contributed by atoms with Crippen molar-refractivity contribution in [2.45, 2.75) is 51.4 Å². The molecule has 0 spiro atoms. The summed E-state index contributed by atoms with van der Waals surface area (Å²) < 4.78 is 0. The third-order valence-electron chi connectivity index (χ3n) is 14.1. The second kappa shape index (κ2) is 12.5. The molecule has 0 atom stereocenters. The Bertz CT molecular complexity index is 2890. The zero-order chi connectivity index (χ0) is 37.9. The minimum Gasteiger partial charge on any atom is -0.0622 e. The van der Waals surface area contributed by atoms with Crippen LogP contribution in [0.25, 0.3) is 88.3 Å². The van der Waals surface area contributed by atoms with E-state index >= 15 is 0 Å². The van der Waals surface area contributed by atoms with E-state index < -0.39 is 0 Å². The minimum absolute atomic E-state index is 1.09. The van der Waals surface area contributed by atoms with Gasteiger partial charge >= 0.3 is 0 Å². The topological polar surface area (TPSA) is 0 Å². The lowest BCUT2D eigenvalue weighted by Crippen LogP contribution is -2.14. The van der Waals surface area contributed by atoms with Crippen LogP contribution < -0.4 is 0 Å². The van der Waals surface area contributed by atoms with E-state index in [1.807, 2.05) is 0 Å². The van der Waals surface area contributed by atoms with Crippen LogP contribution in [0.1, 0.15) is 44.5 Å². The first-order valence-corrected chi connectivity index (χ1v) is 21.4. The van der Waals surface area contributed by atoms with Gasteiger partial charge in [-0.15, -0.1) is 0 Å². The summed E-state index contributed by atoms with van der Waals surface area (Å²) in [5.41, 5.74) is 28.8. The molecule has 0 bridgehead atoms. The quantitative estimate of drug-likeness (QED) is 0.158. The Morgan fingerprint density at radius 3 is 0.879 bits per heavy atom. The van der Waals surface area contributed by atoms with Crippen molar-refractivity contribution in [3.05, 3.63) is 202 Å². The molecular weight excluding hydrogens is 697 g/mol. The monoisotopic (exact) mass is 738 g/mol. The molecule has 0 fully saturated rings. The number of aryl methyl sites for hydroxylation is 8. The molecule has 0 aromatic heterocycles. The van der Waals surface area contributed by atoms with E-state index in [0.29, 0.717) is 0 Å². The lowest BCUT2D eigenvalue weighted by Gasteiger charge is -2.31. The van der Waals surface area contributed by atoms with Crippen molar-refractivity contribution in [2.75, 3.05) is 0 Å². The van der Waals surface area contributed by atoms with E-state index in [1.165, 1.54) is 133 Å². The zero-order valence-electron chi connectivity index (χ0n) is 32.7. The molecule has 0 radical (unpaired) electrons. The van der Waals surface area contributed by atoms with E-state index in [-0.39, 0.29) is 0 Å². The standard InChI is InChI=1S/C58H42/c1-3-9-35(10-4-1)41-25-27-49-51(33-41)57(47-29-43-21-17-37-13-7-14-38-18-22-44(30-47)55(43)53(37)38)50-28-26-42(36-11-5-2-6-12-36)34-52(50)58(49)48-31-45-23-19-39-15-8-16-40-20-24-46(32-48)56(45)54(39)40/h1-16,25-34H,17-24H2. The summed E-state index contributed by atoms with van der Waals surface area (Å²) in [5, 5.41) is 5.36. The Morgan fingerprint density at radius 1 is 0.190 bits per heavy atom. The third kappa shape index (κ3) is 4.82. The number of rotatable bonds is 4. The van der Waals surface area contributed by atoms with Gasteiger partial charge in [0.25, 0.3) is 0 Å². The van der Waals surface area contributed by atoms with Gasteiger partial charge in [0.2, 0.25) is 0 Å². The van der Waals surface area contributed by atoms with Crippen LogP contribution in [0, 0.1) is 0 Å². The molecule has 0 heteroatoms. The van der Waals surface area contributed by atoms with Crippen LogP contribution in [0.5, 0.6) is 0 Å². The van der Waals surface area contributed by atoms with Crippen LogP contribution >= 0.6 is 0 Å². The fourth-order valence-electron chi connectivity index (χ4n) is 11.6. The molecule has 9 aromatic rings. The SMILES string of the molecule is c1ccc(-c2ccc3c(-c4cc5c6c(c4)CCc4cccc(c4-6)CC5)c4cc(-c5ccccc5)ccc4c(-c4cc5c6c(c4)CCc4cccc(c4-6)CC5)c3c2)cc1. The second-order valence-corrected chi connectivity index (χ2v) is 17.2. The van der Waals surface area contributed by atoms with E-state index in [2.05, 4.69) is 158 Å². The zero-order valence-corrected chi connectivity index (χ0v) is 32.7. The van der Waals surface area contributed by atoms with E-state index in [4.69, 9.17) is 0 Å². The van der Waals surface area contributed by atoms with Gasteiger partial charge in [-0.1, -0.05) is 146 Å². The average Bonchev–Trinajstić information content (AvgIpc) is 3.29. The molecule has 9 aromatic carbocycles. The Labute approximate surface area is 340 Å². The summed E-state index contributed by atoms with van der Waals surface area (Å²) in [6, 6.07) is 61.0. The van der Waals surface area contributed by atoms with E-state index in [1.54, 1.807) is 0 Å². The highest BCUT2D eigenvalue weighted by Gasteiger charge is 2.29.